The van der Waals surface area contributed by atoms with Crippen LogP contribution in [0.5, 0.6) is 0 Å². The van der Waals surface area contributed by atoms with Crippen LogP contribution < -0.4 is 0 Å². The second-order valence-electron chi connectivity index (χ2n) is 7.07. The Balaban J connectivity index is 2.48. The average molecular weight is 368 g/mol. The standard InChI is InChI=1S/C20H32O6/c1-3-4-5-8-16(21)11-9-15-10-12-17(22)20(15,2)13-6-7-14-26-19(25)18(23)24/h4-5,9,11,15-16,19,21,25H,3,6-8,10,12-14H2,1-2H3,(H,23,24)/t15-,16?,19?,20+/m0/s1. The molecule has 0 radical (unpaired) electrons. The molecule has 0 bridgehead atoms. The van der Waals surface area contributed by atoms with E-state index >= 15 is 0 Å². The molecule has 1 aliphatic rings. The van der Waals surface area contributed by atoms with E-state index in [4.69, 9.17) is 14.9 Å². The maximum Gasteiger partial charge on any atom is 0.360 e. The van der Waals surface area contributed by atoms with E-state index in [0.29, 0.717) is 32.1 Å². The Labute approximate surface area is 155 Å². The second-order valence-corrected chi connectivity index (χ2v) is 7.07. The fourth-order valence-electron chi connectivity index (χ4n) is 3.33. The summed E-state index contributed by atoms with van der Waals surface area (Å²) < 4.78 is 4.80. The summed E-state index contributed by atoms with van der Waals surface area (Å²) in [4.78, 5) is 22.8. The number of carboxylic acid groups (broad SMARTS) is 1. The monoisotopic (exact) mass is 368 g/mol. The zero-order valence-corrected chi connectivity index (χ0v) is 15.8. The lowest BCUT2D eigenvalue weighted by molar-refractivity contribution is -0.176. The van der Waals surface area contributed by atoms with Gasteiger partial charge in [0.2, 0.25) is 0 Å². The van der Waals surface area contributed by atoms with Gasteiger partial charge in [0.05, 0.1) is 12.7 Å². The molecule has 0 aromatic rings. The van der Waals surface area contributed by atoms with Crippen LogP contribution in [0.25, 0.3) is 0 Å². The van der Waals surface area contributed by atoms with Crippen molar-refractivity contribution in [1.82, 2.24) is 0 Å². The number of carbonyl (C=O) groups excluding carboxylic acids is 1. The lowest BCUT2D eigenvalue weighted by atomic mass is 9.75. The van der Waals surface area contributed by atoms with Gasteiger partial charge in [0, 0.05) is 11.8 Å². The molecular formula is C20H32O6. The molecule has 0 aliphatic heterocycles. The van der Waals surface area contributed by atoms with Crippen LogP contribution in [0, 0.1) is 11.3 Å². The van der Waals surface area contributed by atoms with E-state index in [9.17, 15) is 14.7 Å². The molecule has 0 spiro atoms. The molecule has 2 unspecified atom stereocenters. The minimum Gasteiger partial charge on any atom is -0.477 e. The smallest absolute Gasteiger partial charge is 0.360 e. The normalized spacial score (nSPS) is 26.0. The van der Waals surface area contributed by atoms with Crippen LogP contribution in [0.15, 0.2) is 24.3 Å². The number of hydrogen-bond donors (Lipinski definition) is 3. The molecule has 6 heteroatoms. The van der Waals surface area contributed by atoms with Crippen molar-refractivity contribution in [3.05, 3.63) is 24.3 Å². The van der Waals surface area contributed by atoms with Crippen molar-refractivity contribution in [2.24, 2.45) is 11.3 Å². The molecule has 0 saturated heterocycles. The molecule has 0 amide bonds. The van der Waals surface area contributed by atoms with E-state index in [1.54, 1.807) is 6.08 Å². The van der Waals surface area contributed by atoms with Crippen LogP contribution in [0.4, 0.5) is 0 Å². The molecule has 0 heterocycles. The molecule has 1 rings (SSSR count). The highest BCUT2D eigenvalue weighted by atomic mass is 16.6. The maximum absolute atomic E-state index is 12.4. The number of allylic oxidation sites excluding steroid dienone is 2. The van der Waals surface area contributed by atoms with E-state index in [2.05, 4.69) is 0 Å². The number of aliphatic hydroxyl groups is 2. The third-order valence-corrected chi connectivity index (χ3v) is 5.06. The molecular weight excluding hydrogens is 336 g/mol. The first-order chi connectivity index (χ1) is 12.3. The fourth-order valence-corrected chi connectivity index (χ4v) is 3.33. The van der Waals surface area contributed by atoms with Gasteiger partial charge in [-0.25, -0.2) is 4.79 Å². The first kappa shape index (κ1) is 22.5. The van der Waals surface area contributed by atoms with Crippen molar-refractivity contribution in [2.75, 3.05) is 6.61 Å². The number of aliphatic hydroxyl groups excluding tert-OH is 2. The van der Waals surface area contributed by atoms with Gasteiger partial charge in [-0.3, -0.25) is 4.79 Å². The lowest BCUT2D eigenvalue weighted by Gasteiger charge is -2.28. The number of aliphatic carboxylic acids is 1. The largest absolute Gasteiger partial charge is 0.477 e. The van der Waals surface area contributed by atoms with E-state index in [1.807, 2.05) is 32.1 Å². The summed E-state index contributed by atoms with van der Waals surface area (Å²) in [6, 6.07) is 0. The van der Waals surface area contributed by atoms with Gasteiger partial charge in [0.1, 0.15) is 5.78 Å². The summed E-state index contributed by atoms with van der Waals surface area (Å²) in [6.45, 7) is 4.15. The van der Waals surface area contributed by atoms with Gasteiger partial charge in [-0.2, -0.15) is 0 Å². The summed E-state index contributed by atoms with van der Waals surface area (Å²) in [6.07, 6.45) is 10.2. The summed E-state index contributed by atoms with van der Waals surface area (Å²) >= 11 is 0. The van der Waals surface area contributed by atoms with Crippen molar-refractivity contribution < 1.29 is 29.6 Å². The number of rotatable bonds is 12. The van der Waals surface area contributed by atoms with E-state index in [-0.39, 0.29) is 18.3 Å². The minimum absolute atomic E-state index is 0.102. The number of carboxylic acids is 1. The number of unbranched alkanes of at least 4 members (excludes halogenated alkanes) is 1. The van der Waals surface area contributed by atoms with Crippen molar-refractivity contribution in [3.8, 4) is 0 Å². The Morgan fingerprint density at radius 3 is 2.73 bits per heavy atom. The molecule has 4 atom stereocenters. The lowest BCUT2D eigenvalue weighted by Crippen LogP contribution is -2.28. The fraction of sp³-hybridized carbons (Fsp3) is 0.700. The van der Waals surface area contributed by atoms with Crippen LogP contribution in [0.3, 0.4) is 0 Å². The molecule has 1 aliphatic carbocycles. The Hall–Kier alpha value is -1.50. The Morgan fingerprint density at radius 2 is 2.08 bits per heavy atom. The highest BCUT2D eigenvalue weighted by Crippen LogP contribution is 2.44. The van der Waals surface area contributed by atoms with Crippen molar-refractivity contribution in [1.29, 1.82) is 0 Å². The van der Waals surface area contributed by atoms with Crippen molar-refractivity contribution >= 4 is 11.8 Å². The highest BCUT2D eigenvalue weighted by Gasteiger charge is 2.43. The van der Waals surface area contributed by atoms with Gasteiger partial charge >= 0.3 is 5.97 Å². The van der Waals surface area contributed by atoms with E-state index in [0.717, 1.165) is 12.8 Å². The summed E-state index contributed by atoms with van der Waals surface area (Å²) in [5.41, 5.74) is -0.457. The SMILES string of the molecule is CCC=CCC(O)C=C[C@H]1CCC(=O)[C@]1(C)CCCCOC(O)C(=O)O. The van der Waals surface area contributed by atoms with Gasteiger partial charge in [0.15, 0.2) is 0 Å². The number of ether oxygens (including phenoxy) is 1. The predicted molar refractivity (Wildman–Crippen MR) is 98.5 cm³/mol. The summed E-state index contributed by atoms with van der Waals surface area (Å²) in [7, 11) is 0. The van der Waals surface area contributed by atoms with Gasteiger partial charge in [-0.1, -0.05) is 44.6 Å². The third-order valence-electron chi connectivity index (χ3n) is 5.06. The van der Waals surface area contributed by atoms with Gasteiger partial charge in [-0.15, -0.1) is 0 Å². The molecule has 6 nitrogen and oxygen atoms in total. The quantitative estimate of drug-likeness (QED) is 0.278. The van der Waals surface area contributed by atoms with E-state index in [1.165, 1.54) is 0 Å². The first-order valence-electron chi connectivity index (χ1n) is 9.38. The van der Waals surface area contributed by atoms with Gasteiger partial charge < -0.3 is 20.1 Å². The zero-order chi connectivity index (χ0) is 19.6. The molecule has 3 N–H and O–H groups in total. The Morgan fingerprint density at radius 1 is 1.35 bits per heavy atom. The van der Waals surface area contributed by atoms with Crippen LogP contribution >= 0.6 is 0 Å². The average Bonchev–Trinajstić information content (AvgIpc) is 2.87. The van der Waals surface area contributed by atoms with E-state index < -0.39 is 23.8 Å². The zero-order valence-electron chi connectivity index (χ0n) is 15.8. The molecule has 1 fully saturated rings. The molecule has 26 heavy (non-hydrogen) atoms. The molecule has 148 valence electrons. The number of hydrogen-bond acceptors (Lipinski definition) is 5. The second kappa shape index (κ2) is 11.3. The predicted octanol–water partition coefficient (Wildman–Crippen LogP) is 2.84. The van der Waals surface area contributed by atoms with Gasteiger partial charge in [-0.05, 0) is 38.0 Å². The van der Waals surface area contributed by atoms with Crippen LogP contribution in [-0.4, -0.2) is 46.1 Å². The van der Waals surface area contributed by atoms with Crippen LogP contribution in [-0.2, 0) is 14.3 Å². The summed E-state index contributed by atoms with van der Waals surface area (Å²) in [5, 5.41) is 27.6. The Bertz CT molecular complexity index is 512. The topological polar surface area (TPSA) is 104 Å². The number of Topliss-reactive ketones (excluding diaryl/α,β-unsaturated/α-hetero) is 1. The number of ketones is 1. The highest BCUT2D eigenvalue weighted by molar-refractivity contribution is 5.87. The Kier molecular flexibility index (Phi) is 9.76. The van der Waals surface area contributed by atoms with Crippen molar-refractivity contribution in [3.63, 3.8) is 0 Å². The minimum atomic E-state index is -1.79. The molecule has 1 saturated carbocycles. The van der Waals surface area contributed by atoms with Gasteiger partial charge in [0.25, 0.3) is 6.29 Å². The molecule has 0 aromatic carbocycles. The van der Waals surface area contributed by atoms with Crippen molar-refractivity contribution in [2.45, 2.75) is 71.2 Å². The van der Waals surface area contributed by atoms with Crippen LogP contribution in [0.1, 0.15) is 58.8 Å². The summed E-state index contributed by atoms with van der Waals surface area (Å²) in [5.74, 6) is -1.06. The number of carbonyl (C=O) groups is 2. The maximum atomic E-state index is 12.4. The van der Waals surface area contributed by atoms with Crippen LogP contribution in [0.2, 0.25) is 0 Å². The molecule has 0 aromatic heterocycles. The first-order valence-corrected chi connectivity index (χ1v) is 9.38. The third kappa shape index (κ3) is 7.02.